The predicted molar refractivity (Wildman–Crippen MR) is 91.2 cm³/mol. The number of rotatable bonds is 7. The minimum atomic E-state index is -0.402. The number of amides is 1. The Kier molecular flexibility index (Phi) is 5.51. The lowest BCUT2D eigenvalue weighted by atomic mass is 10.2. The summed E-state index contributed by atoms with van der Waals surface area (Å²) in [6, 6.07) is 6.78. The molecule has 0 aliphatic carbocycles. The summed E-state index contributed by atoms with van der Waals surface area (Å²) < 4.78 is 1.65. The third kappa shape index (κ3) is 4.31. The third-order valence-corrected chi connectivity index (χ3v) is 3.65. The number of aryl methyl sites for hydroxylation is 3. The van der Waals surface area contributed by atoms with Gasteiger partial charge < -0.3 is 10.6 Å². The largest absolute Gasteiger partial charge is 0.379 e. The number of hydrogen-bond donors (Lipinski definition) is 2. The molecule has 1 aromatic carbocycles. The summed E-state index contributed by atoms with van der Waals surface area (Å²) >= 11 is 0. The molecule has 0 bridgehead atoms. The number of carbonyl (C=O) groups is 1. The van der Waals surface area contributed by atoms with Gasteiger partial charge in [-0.3, -0.25) is 19.6 Å². The quantitative estimate of drug-likeness (QED) is 0.460. The molecule has 2 aromatic rings. The van der Waals surface area contributed by atoms with E-state index in [1.54, 1.807) is 23.9 Å². The van der Waals surface area contributed by atoms with Crippen LogP contribution in [0.15, 0.2) is 24.3 Å². The van der Waals surface area contributed by atoms with Crippen LogP contribution in [-0.2, 0) is 7.05 Å². The van der Waals surface area contributed by atoms with E-state index in [1.807, 2.05) is 19.9 Å². The van der Waals surface area contributed by atoms with E-state index in [2.05, 4.69) is 15.7 Å². The van der Waals surface area contributed by atoms with Crippen LogP contribution in [0, 0.1) is 24.0 Å². The number of nitro benzene ring substituents is 1. The fourth-order valence-electron chi connectivity index (χ4n) is 2.22. The van der Waals surface area contributed by atoms with Crippen LogP contribution < -0.4 is 10.6 Å². The Morgan fingerprint density at radius 1 is 1.29 bits per heavy atom. The fourth-order valence-corrected chi connectivity index (χ4v) is 2.22. The molecule has 0 aliphatic rings. The Morgan fingerprint density at radius 2 is 2.04 bits per heavy atom. The average molecular weight is 331 g/mol. The van der Waals surface area contributed by atoms with Crippen molar-refractivity contribution in [3.8, 4) is 0 Å². The van der Waals surface area contributed by atoms with E-state index >= 15 is 0 Å². The monoisotopic (exact) mass is 331 g/mol. The molecule has 0 radical (unpaired) electrons. The zero-order chi connectivity index (χ0) is 17.7. The van der Waals surface area contributed by atoms with Gasteiger partial charge in [0.05, 0.1) is 4.92 Å². The second-order valence-electron chi connectivity index (χ2n) is 5.61. The molecule has 1 amide bonds. The SMILES string of the molecule is Cc1ccc(NCCCNC(=O)c2cc(C)n(C)n2)c([N+](=O)[O-])c1. The van der Waals surface area contributed by atoms with Gasteiger partial charge in [0.2, 0.25) is 0 Å². The molecule has 128 valence electrons. The lowest BCUT2D eigenvalue weighted by molar-refractivity contribution is -0.384. The van der Waals surface area contributed by atoms with E-state index in [4.69, 9.17) is 0 Å². The highest BCUT2D eigenvalue weighted by Crippen LogP contribution is 2.25. The van der Waals surface area contributed by atoms with Gasteiger partial charge in [0, 0.05) is 31.9 Å². The van der Waals surface area contributed by atoms with Crippen LogP contribution in [0.5, 0.6) is 0 Å². The van der Waals surface area contributed by atoms with Crippen LogP contribution in [0.4, 0.5) is 11.4 Å². The number of carbonyl (C=O) groups excluding carboxylic acids is 1. The van der Waals surface area contributed by atoms with Gasteiger partial charge in [-0.25, -0.2) is 0 Å². The molecule has 0 spiro atoms. The lowest BCUT2D eigenvalue weighted by Crippen LogP contribution is -2.26. The first-order chi connectivity index (χ1) is 11.4. The summed E-state index contributed by atoms with van der Waals surface area (Å²) in [6.07, 6.45) is 0.641. The number of anilines is 1. The summed E-state index contributed by atoms with van der Waals surface area (Å²) in [5.74, 6) is -0.222. The van der Waals surface area contributed by atoms with Gasteiger partial charge in [-0.15, -0.1) is 0 Å². The number of nitrogens with zero attached hydrogens (tertiary/aromatic N) is 3. The second kappa shape index (κ2) is 7.58. The number of aromatic nitrogens is 2. The molecule has 1 heterocycles. The number of nitrogens with one attached hydrogen (secondary N) is 2. The van der Waals surface area contributed by atoms with E-state index in [0.29, 0.717) is 30.9 Å². The molecule has 8 nitrogen and oxygen atoms in total. The third-order valence-electron chi connectivity index (χ3n) is 3.65. The first-order valence-corrected chi connectivity index (χ1v) is 7.66. The van der Waals surface area contributed by atoms with Crippen LogP contribution in [0.3, 0.4) is 0 Å². The summed E-state index contributed by atoms with van der Waals surface area (Å²) in [5.41, 5.74) is 2.68. The number of hydrogen-bond acceptors (Lipinski definition) is 5. The average Bonchev–Trinajstić information content (AvgIpc) is 2.87. The first kappa shape index (κ1) is 17.5. The van der Waals surface area contributed by atoms with Crippen LogP contribution in [0.1, 0.15) is 28.2 Å². The normalized spacial score (nSPS) is 10.5. The van der Waals surface area contributed by atoms with Crippen LogP contribution in [-0.4, -0.2) is 33.7 Å². The molecular formula is C16H21N5O3. The molecule has 0 fully saturated rings. The van der Waals surface area contributed by atoms with Gasteiger partial charge in [0.25, 0.3) is 11.6 Å². The highest BCUT2D eigenvalue weighted by molar-refractivity contribution is 5.92. The highest BCUT2D eigenvalue weighted by atomic mass is 16.6. The van der Waals surface area contributed by atoms with Gasteiger partial charge in [0.15, 0.2) is 0 Å². The smallest absolute Gasteiger partial charge is 0.292 e. The Balaban J connectivity index is 1.79. The van der Waals surface area contributed by atoms with Crippen molar-refractivity contribution in [3.05, 3.63) is 51.3 Å². The molecule has 24 heavy (non-hydrogen) atoms. The molecule has 0 saturated carbocycles. The Bertz CT molecular complexity index is 735. The molecule has 0 saturated heterocycles. The highest BCUT2D eigenvalue weighted by Gasteiger charge is 2.13. The van der Waals surface area contributed by atoms with E-state index in [1.165, 1.54) is 6.07 Å². The number of nitro groups is 1. The van der Waals surface area contributed by atoms with E-state index in [0.717, 1.165) is 11.3 Å². The summed E-state index contributed by atoms with van der Waals surface area (Å²) in [4.78, 5) is 22.6. The first-order valence-electron chi connectivity index (χ1n) is 7.66. The maximum Gasteiger partial charge on any atom is 0.292 e. The van der Waals surface area contributed by atoms with Crippen LogP contribution in [0.25, 0.3) is 0 Å². The molecule has 2 rings (SSSR count). The fraction of sp³-hybridized carbons (Fsp3) is 0.375. The topological polar surface area (TPSA) is 102 Å². The predicted octanol–water partition coefficient (Wildman–Crippen LogP) is 2.18. The van der Waals surface area contributed by atoms with Crippen molar-refractivity contribution < 1.29 is 9.72 Å². The van der Waals surface area contributed by atoms with Gasteiger partial charge in [-0.2, -0.15) is 5.10 Å². The van der Waals surface area contributed by atoms with Crippen molar-refractivity contribution in [3.63, 3.8) is 0 Å². The standard InChI is InChI=1S/C16H21N5O3/c1-11-5-6-13(15(9-11)21(23)24)17-7-4-8-18-16(22)14-10-12(2)20(3)19-14/h5-6,9-10,17H,4,7-8H2,1-3H3,(H,18,22). The second-order valence-corrected chi connectivity index (χ2v) is 5.61. The Hall–Kier alpha value is -2.90. The maximum atomic E-state index is 11.9. The van der Waals surface area contributed by atoms with Crippen molar-refractivity contribution in [2.24, 2.45) is 7.05 Å². The van der Waals surface area contributed by atoms with Crippen molar-refractivity contribution in [1.29, 1.82) is 0 Å². The molecule has 1 aromatic heterocycles. The zero-order valence-electron chi connectivity index (χ0n) is 14.0. The van der Waals surface area contributed by atoms with E-state index in [-0.39, 0.29) is 11.6 Å². The molecular weight excluding hydrogens is 310 g/mol. The Labute approximate surface area is 140 Å². The molecule has 0 atom stereocenters. The van der Waals surface area contributed by atoms with Crippen molar-refractivity contribution >= 4 is 17.3 Å². The van der Waals surface area contributed by atoms with E-state index in [9.17, 15) is 14.9 Å². The van der Waals surface area contributed by atoms with Gasteiger partial charge >= 0.3 is 0 Å². The van der Waals surface area contributed by atoms with Crippen LogP contribution >= 0.6 is 0 Å². The zero-order valence-corrected chi connectivity index (χ0v) is 14.0. The van der Waals surface area contributed by atoms with E-state index < -0.39 is 4.92 Å². The van der Waals surface area contributed by atoms with Crippen molar-refractivity contribution in [2.75, 3.05) is 18.4 Å². The number of benzene rings is 1. The summed E-state index contributed by atoms with van der Waals surface area (Å²) in [7, 11) is 1.78. The van der Waals surface area contributed by atoms with Crippen molar-refractivity contribution in [2.45, 2.75) is 20.3 Å². The molecule has 8 heteroatoms. The Morgan fingerprint density at radius 3 is 2.67 bits per heavy atom. The van der Waals surface area contributed by atoms with Gasteiger partial charge in [0.1, 0.15) is 11.4 Å². The molecule has 0 aliphatic heterocycles. The molecule has 0 unspecified atom stereocenters. The maximum absolute atomic E-state index is 11.9. The lowest BCUT2D eigenvalue weighted by Gasteiger charge is -2.08. The van der Waals surface area contributed by atoms with Crippen LogP contribution in [0.2, 0.25) is 0 Å². The van der Waals surface area contributed by atoms with Gasteiger partial charge in [-0.05, 0) is 38.0 Å². The van der Waals surface area contributed by atoms with Crippen molar-refractivity contribution in [1.82, 2.24) is 15.1 Å². The summed E-state index contributed by atoms with van der Waals surface area (Å²) in [6.45, 7) is 4.67. The van der Waals surface area contributed by atoms with Gasteiger partial charge in [-0.1, -0.05) is 6.07 Å². The minimum Gasteiger partial charge on any atom is -0.379 e. The minimum absolute atomic E-state index is 0.0583. The summed E-state index contributed by atoms with van der Waals surface area (Å²) in [5, 5.41) is 21.0. The molecule has 2 N–H and O–H groups in total.